The van der Waals surface area contributed by atoms with Crippen molar-refractivity contribution in [1.29, 1.82) is 0 Å². The van der Waals surface area contributed by atoms with Crippen LogP contribution in [0.1, 0.15) is 29.7 Å². The van der Waals surface area contributed by atoms with Crippen molar-refractivity contribution < 1.29 is 13.5 Å². The van der Waals surface area contributed by atoms with E-state index in [1.807, 2.05) is 0 Å². The van der Waals surface area contributed by atoms with Gasteiger partial charge in [0.1, 0.15) is 12.4 Å². The number of aryl methyl sites for hydroxylation is 1. The van der Waals surface area contributed by atoms with Crippen LogP contribution in [0.4, 0.5) is 8.78 Å². The lowest BCUT2D eigenvalue weighted by Gasteiger charge is -2.11. The minimum atomic E-state index is -0.445. The first-order valence-corrected chi connectivity index (χ1v) is 6.40. The zero-order valence-electron chi connectivity index (χ0n) is 11.5. The Morgan fingerprint density at radius 1 is 1.15 bits per heavy atom. The summed E-state index contributed by atoms with van der Waals surface area (Å²) < 4.78 is 32.3. The number of ether oxygens (including phenoxy) is 1. The number of benzene rings is 2. The molecule has 0 saturated heterocycles. The molecule has 2 rings (SSSR count). The largest absolute Gasteiger partial charge is 0.486 e. The van der Waals surface area contributed by atoms with Crippen molar-refractivity contribution in [3.05, 3.63) is 64.7 Å². The highest BCUT2D eigenvalue weighted by Gasteiger charge is 2.08. The fourth-order valence-corrected chi connectivity index (χ4v) is 1.89. The van der Waals surface area contributed by atoms with Crippen molar-refractivity contribution in [2.45, 2.75) is 26.5 Å². The summed E-state index contributed by atoms with van der Waals surface area (Å²) in [5.41, 5.74) is 8.00. The van der Waals surface area contributed by atoms with E-state index in [-0.39, 0.29) is 24.2 Å². The van der Waals surface area contributed by atoms with Crippen LogP contribution in [0.3, 0.4) is 0 Å². The average molecular weight is 277 g/mol. The molecule has 0 amide bonds. The molecule has 2 aromatic carbocycles. The molecule has 20 heavy (non-hydrogen) atoms. The molecule has 0 spiro atoms. The van der Waals surface area contributed by atoms with Gasteiger partial charge in [-0.05, 0) is 54.8 Å². The van der Waals surface area contributed by atoms with Crippen LogP contribution in [0.2, 0.25) is 0 Å². The van der Waals surface area contributed by atoms with Gasteiger partial charge in [-0.15, -0.1) is 0 Å². The van der Waals surface area contributed by atoms with Gasteiger partial charge in [0.05, 0.1) is 0 Å². The van der Waals surface area contributed by atoms with Crippen molar-refractivity contribution in [1.82, 2.24) is 0 Å². The second-order valence-electron chi connectivity index (χ2n) is 4.84. The van der Waals surface area contributed by atoms with Crippen molar-refractivity contribution in [2.75, 3.05) is 0 Å². The summed E-state index contributed by atoms with van der Waals surface area (Å²) in [5.74, 6) is -0.573. The molecule has 4 heteroatoms. The molecule has 1 atom stereocenters. The van der Waals surface area contributed by atoms with Gasteiger partial charge in [-0.2, -0.15) is 0 Å². The van der Waals surface area contributed by atoms with Crippen LogP contribution >= 0.6 is 0 Å². The molecule has 2 N–H and O–H groups in total. The van der Waals surface area contributed by atoms with E-state index in [2.05, 4.69) is 0 Å². The topological polar surface area (TPSA) is 35.2 Å². The Morgan fingerprint density at radius 2 is 1.90 bits per heavy atom. The van der Waals surface area contributed by atoms with Crippen molar-refractivity contribution in [2.24, 2.45) is 5.73 Å². The number of hydrogen-bond acceptors (Lipinski definition) is 2. The maximum atomic E-state index is 13.8. The van der Waals surface area contributed by atoms with E-state index >= 15 is 0 Å². The van der Waals surface area contributed by atoms with Crippen molar-refractivity contribution >= 4 is 0 Å². The Kier molecular flexibility index (Phi) is 4.35. The molecule has 0 saturated carbocycles. The molecule has 106 valence electrons. The molecule has 2 nitrogen and oxygen atoms in total. The van der Waals surface area contributed by atoms with Crippen molar-refractivity contribution in [3.8, 4) is 5.75 Å². The fraction of sp³-hybridized carbons (Fsp3) is 0.250. The maximum Gasteiger partial charge on any atom is 0.165 e. The van der Waals surface area contributed by atoms with E-state index in [4.69, 9.17) is 10.5 Å². The molecule has 2 aromatic rings. The maximum absolute atomic E-state index is 13.8. The molecule has 0 bridgehead atoms. The fourth-order valence-electron chi connectivity index (χ4n) is 1.89. The van der Waals surface area contributed by atoms with E-state index in [0.717, 1.165) is 11.1 Å². The van der Waals surface area contributed by atoms with Gasteiger partial charge >= 0.3 is 0 Å². The standard InChI is InChI=1S/C16H17F2NO/c1-10-7-14(17)5-3-13(10)9-20-16-6-4-12(11(2)19)8-15(16)18/h3-8,11H,9,19H2,1-2H3. The third kappa shape index (κ3) is 3.33. The number of halogens is 2. The monoisotopic (exact) mass is 277 g/mol. The van der Waals surface area contributed by atoms with E-state index in [1.165, 1.54) is 18.2 Å². The van der Waals surface area contributed by atoms with E-state index < -0.39 is 5.82 Å². The highest BCUT2D eigenvalue weighted by molar-refractivity contribution is 5.32. The molecule has 0 fully saturated rings. The average Bonchev–Trinajstić information content (AvgIpc) is 2.38. The second kappa shape index (κ2) is 6.01. The van der Waals surface area contributed by atoms with Gasteiger partial charge in [0.2, 0.25) is 0 Å². The predicted octanol–water partition coefficient (Wildman–Crippen LogP) is 3.87. The predicted molar refractivity (Wildman–Crippen MR) is 74.5 cm³/mol. The first-order valence-electron chi connectivity index (χ1n) is 6.40. The Balaban J connectivity index is 2.11. The summed E-state index contributed by atoms with van der Waals surface area (Å²) in [4.78, 5) is 0. The first kappa shape index (κ1) is 14.5. The molecule has 0 radical (unpaired) electrons. The van der Waals surface area contributed by atoms with Gasteiger partial charge < -0.3 is 10.5 Å². The molecule has 0 aliphatic heterocycles. The summed E-state index contributed by atoms with van der Waals surface area (Å²) >= 11 is 0. The normalized spacial score (nSPS) is 12.2. The molecule has 0 heterocycles. The van der Waals surface area contributed by atoms with Gasteiger partial charge in [-0.3, -0.25) is 0 Å². The third-order valence-electron chi connectivity index (χ3n) is 3.17. The van der Waals surface area contributed by atoms with Crippen LogP contribution in [0.5, 0.6) is 5.75 Å². The van der Waals surface area contributed by atoms with Gasteiger partial charge in [0.15, 0.2) is 11.6 Å². The zero-order chi connectivity index (χ0) is 14.7. The Morgan fingerprint density at radius 3 is 2.50 bits per heavy atom. The molecular formula is C16H17F2NO. The van der Waals surface area contributed by atoms with Crippen LogP contribution in [0, 0.1) is 18.6 Å². The van der Waals surface area contributed by atoms with Crippen LogP contribution in [-0.4, -0.2) is 0 Å². The van der Waals surface area contributed by atoms with E-state index in [9.17, 15) is 8.78 Å². The SMILES string of the molecule is Cc1cc(F)ccc1COc1ccc(C(C)N)cc1F. The lowest BCUT2D eigenvalue weighted by molar-refractivity contribution is 0.289. The van der Waals surface area contributed by atoms with E-state index in [0.29, 0.717) is 5.56 Å². The molecule has 0 aliphatic carbocycles. The molecule has 0 aliphatic rings. The van der Waals surface area contributed by atoms with Gasteiger partial charge in [-0.25, -0.2) is 8.78 Å². The van der Waals surface area contributed by atoms with Crippen LogP contribution in [-0.2, 0) is 6.61 Å². The van der Waals surface area contributed by atoms with Crippen molar-refractivity contribution in [3.63, 3.8) is 0 Å². The summed E-state index contributed by atoms with van der Waals surface area (Å²) in [6.45, 7) is 3.77. The highest BCUT2D eigenvalue weighted by atomic mass is 19.1. The minimum Gasteiger partial charge on any atom is -0.486 e. The van der Waals surface area contributed by atoms with Gasteiger partial charge in [-0.1, -0.05) is 12.1 Å². The summed E-state index contributed by atoms with van der Waals surface area (Å²) in [5, 5.41) is 0. The second-order valence-corrected chi connectivity index (χ2v) is 4.84. The van der Waals surface area contributed by atoms with Crippen LogP contribution < -0.4 is 10.5 Å². The lowest BCUT2D eigenvalue weighted by Crippen LogP contribution is -2.06. The quantitative estimate of drug-likeness (QED) is 0.920. The number of nitrogens with two attached hydrogens (primary N) is 1. The Bertz CT molecular complexity index is 611. The highest BCUT2D eigenvalue weighted by Crippen LogP contribution is 2.22. The Hall–Kier alpha value is -1.94. The van der Waals surface area contributed by atoms with Gasteiger partial charge in [0, 0.05) is 6.04 Å². The molecule has 0 aromatic heterocycles. The third-order valence-corrected chi connectivity index (χ3v) is 3.17. The number of rotatable bonds is 4. The first-order chi connectivity index (χ1) is 9.47. The summed E-state index contributed by atoms with van der Waals surface area (Å²) in [7, 11) is 0. The Labute approximate surface area is 117 Å². The number of hydrogen-bond donors (Lipinski definition) is 1. The minimum absolute atomic E-state index is 0.165. The summed E-state index contributed by atoms with van der Waals surface area (Å²) in [6.07, 6.45) is 0. The summed E-state index contributed by atoms with van der Waals surface area (Å²) in [6, 6.07) is 8.87. The van der Waals surface area contributed by atoms with Gasteiger partial charge in [0.25, 0.3) is 0 Å². The molecular weight excluding hydrogens is 260 g/mol. The smallest absolute Gasteiger partial charge is 0.165 e. The van der Waals surface area contributed by atoms with Crippen LogP contribution in [0.25, 0.3) is 0 Å². The van der Waals surface area contributed by atoms with E-state index in [1.54, 1.807) is 32.0 Å². The lowest BCUT2D eigenvalue weighted by atomic mass is 10.1. The van der Waals surface area contributed by atoms with Crippen LogP contribution in [0.15, 0.2) is 36.4 Å². The molecule has 1 unspecified atom stereocenters. The zero-order valence-corrected chi connectivity index (χ0v) is 11.5.